The van der Waals surface area contributed by atoms with Crippen molar-refractivity contribution < 1.29 is 13.2 Å². The van der Waals surface area contributed by atoms with Gasteiger partial charge in [-0.3, -0.25) is 0 Å². The van der Waals surface area contributed by atoms with Gasteiger partial charge in [-0.1, -0.05) is 13.8 Å². The van der Waals surface area contributed by atoms with E-state index >= 15 is 0 Å². The first kappa shape index (κ1) is 13.9. The second-order valence-corrected chi connectivity index (χ2v) is 6.49. The van der Waals surface area contributed by atoms with E-state index in [0.29, 0.717) is 6.61 Å². The van der Waals surface area contributed by atoms with E-state index < -0.39 is 10.0 Å². The molecule has 0 aromatic rings. The predicted molar refractivity (Wildman–Crippen MR) is 64.9 cm³/mol. The van der Waals surface area contributed by atoms with Gasteiger partial charge in [-0.25, -0.2) is 13.1 Å². The fourth-order valence-electron chi connectivity index (χ4n) is 2.21. The Morgan fingerprint density at radius 1 is 1.31 bits per heavy atom. The van der Waals surface area contributed by atoms with Crippen LogP contribution in [-0.4, -0.2) is 32.4 Å². The van der Waals surface area contributed by atoms with Crippen LogP contribution in [0, 0.1) is 0 Å². The molecule has 0 aromatic heterocycles. The van der Waals surface area contributed by atoms with Gasteiger partial charge in [0.05, 0.1) is 11.4 Å². The van der Waals surface area contributed by atoms with Gasteiger partial charge < -0.3 is 4.74 Å². The second-order valence-electron chi connectivity index (χ2n) is 4.45. The Labute approximate surface area is 98.8 Å². The summed E-state index contributed by atoms with van der Waals surface area (Å²) in [4.78, 5) is 0. The fraction of sp³-hybridized carbons (Fsp3) is 1.00. The van der Waals surface area contributed by atoms with E-state index in [1.54, 1.807) is 6.92 Å². The SMILES string of the molecule is CCC1(CC)CC(NS(=O)(=O)CC)CCO1. The molecular weight excluding hydrogens is 226 g/mol. The first-order chi connectivity index (χ1) is 7.47. The summed E-state index contributed by atoms with van der Waals surface area (Å²) in [5.74, 6) is 0.148. The summed E-state index contributed by atoms with van der Waals surface area (Å²) in [5.41, 5.74) is -0.126. The standard InChI is InChI=1S/C11H23NO3S/c1-4-11(5-2)9-10(7-8-15-11)12-16(13,14)6-3/h10,12H,4-9H2,1-3H3. The van der Waals surface area contributed by atoms with Crippen molar-refractivity contribution >= 4 is 10.0 Å². The first-order valence-electron chi connectivity index (χ1n) is 6.11. The van der Waals surface area contributed by atoms with Gasteiger partial charge in [0.25, 0.3) is 0 Å². The van der Waals surface area contributed by atoms with Crippen LogP contribution in [0.2, 0.25) is 0 Å². The third-order valence-electron chi connectivity index (χ3n) is 3.51. The van der Waals surface area contributed by atoms with Gasteiger partial charge in [-0.2, -0.15) is 0 Å². The molecule has 1 aliphatic heterocycles. The lowest BCUT2D eigenvalue weighted by Gasteiger charge is -2.40. The van der Waals surface area contributed by atoms with Crippen LogP contribution in [-0.2, 0) is 14.8 Å². The highest BCUT2D eigenvalue weighted by Crippen LogP contribution is 2.31. The Hall–Kier alpha value is -0.130. The van der Waals surface area contributed by atoms with Crippen LogP contribution >= 0.6 is 0 Å². The van der Waals surface area contributed by atoms with E-state index in [2.05, 4.69) is 18.6 Å². The van der Waals surface area contributed by atoms with Crippen LogP contribution in [0.4, 0.5) is 0 Å². The molecule has 0 amide bonds. The molecule has 1 fully saturated rings. The molecule has 0 radical (unpaired) electrons. The van der Waals surface area contributed by atoms with Crippen LogP contribution in [0.5, 0.6) is 0 Å². The maximum atomic E-state index is 11.5. The van der Waals surface area contributed by atoms with Gasteiger partial charge in [0.2, 0.25) is 10.0 Å². The van der Waals surface area contributed by atoms with Crippen molar-refractivity contribution in [3.8, 4) is 0 Å². The molecule has 1 aliphatic rings. The Morgan fingerprint density at radius 3 is 2.44 bits per heavy atom. The van der Waals surface area contributed by atoms with Crippen molar-refractivity contribution in [3.05, 3.63) is 0 Å². The molecule has 96 valence electrons. The van der Waals surface area contributed by atoms with Crippen molar-refractivity contribution in [3.63, 3.8) is 0 Å². The third kappa shape index (κ3) is 3.43. The average molecular weight is 249 g/mol. The van der Waals surface area contributed by atoms with E-state index in [0.717, 1.165) is 25.7 Å². The van der Waals surface area contributed by atoms with Gasteiger partial charge in [-0.05, 0) is 32.6 Å². The third-order valence-corrected chi connectivity index (χ3v) is 4.96. The number of sulfonamides is 1. The highest BCUT2D eigenvalue weighted by atomic mass is 32.2. The molecule has 1 heterocycles. The average Bonchev–Trinajstić information content (AvgIpc) is 2.28. The summed E-state index contributed by atoms with van der Waals surface area (Å²) in [7, 11) is -3.09. The lowest BCUT2D eigenvalue weighted by atomic mass is 9.86. The van der Waals surface area contributed by atoms with E-state index in [9.17, 15) is 8.42 Å². The van der Waals surface area contributed by atoms with Gasteiger partial charge in [0.15, 0.2) is 0 Å². The predicted octanol–water partition coefficient (Wildman–Crippen LogP) is 1.66. The van der Waals surface area contributed by atoms with Gasteiger partial charge in [0, 0.05) is 12.6 Å². The molecule has 16 heavy (non-hydrogen) atoms. The summed E-state index contributed by atoms with van der Waals surface area (Å²) >= 11 is 0. The smallest absolute Gasteiger partial charge is 0.211 e. The fourth-order valence-corrected chi connectivity index (χ4v) is 3.08. The lowest BCUT2D eigenvalue weighted by molar-refractivity contribution is -0.0905. The van der Waals surface area contributed by atoms with E-state index in [-0.39, 0.29) is 17.4 Å². The zero-order valence-corrected chi connectivity index (χ0v) is 11.3. The highest BCUT2D eigenvalue weighted by molar-refractivity contribution is 7.89. The van der Waals surface area contributed by atoms with E-state index in [4.69, 9.17) is 4.74 Å². The van der Waals surface area contributed by atoms with E-state index in [1.165, 1.54) is 0 Å². The maximum absolute atomic E-state index is 11.5. The number of nitrogens with one attached hydrogen (secondary N) is 1. The summed E-state index contributed by atoms with van der Waals surface area (Å²) in [6.07, 6.45) is 3.45. The maximum Gasteiger partial charge on any atom is 0.211 e. The van der Waals surface area contributed by atoms with Crippen LogP contribution in [0.3, 0.4) is 0 Å². The van der Waals surface area contributed by atoms with Crippen molar-refractivity contribution in [1.29, 1.82) is 0 Å². The molecule has 0 aliphatic carbocycles. The normalized spacial score (nSPS) is 25.6. The minimum atomic E-state index is -3.09. The quantitative estimate of drug-likeness (QED) is 0.806. The van der Waals surface area contributed by atoms with E-state index in [1.807, 2.05) is 0 Å². The highest BCUT2D eigenvalue weighted by Gasteiger charge is 2.35. The van der Waals surface area contributed by atoms with Crippen LogP contribution in [0.1, 0.15) is 46.5 Å². The Bertz CT molecular complexity index is 309. The number of ether oxygens (including phenoxy) is 1. The van der Waals surface area contributed by atoms with Gasteiger partial charge in [0.1, 0.15) is 0 Å². The molecule has 0 spiro atoms. The number of hydrogen-bond donors (Lipinski definition) is 1. The molecule has 1 rings (SSSR count). The van der Waals surface area contributed by atoms with Crippen LogP contribution in [0.25, 0.3) is 0 Å². The van der Waals surface area contributed by atoms with Crippen molar-refractivity contribution in [2.75, 3.05) is 12.4 Å². The summed E-state index contributed by atoms with van der Waals surface area (Å²) in [6.45, 7) is 6.51. The monoisotopic (exact) mass is 249 g/mol. The first-order valence-corrected chi connectivity index (χ1v) is 7.76. The molecule has 1 atom stereocenters. The molecule has 4 nitrogen and oxygen atoms in total. The Kier molecular flexibility index (Phi) is 4.76. The molecule has 0 bridgehead atoms. The molecule has 1 N–H and O–H groups in total. The molecule has 1 saturated heterocycles. The Balaban J connectivity index is 2.64. The zero-order valence-electron chi connectivity index (χ0n) is 10.5. The minimum absolute atomic E-state index is 0.0404. The Morgan fingerprint density at radius 2 is 1.94 bits per heavy atom. The summed E-state index contributed by atoms with van der Waals surface area (Å²) in [6, 6.07) is 0.0404. The van der Waals surface area contributed by atoms with Gasteiger partial charge in [-0.15, -0.1) is 0 Å². The molecule has 0 aromatic carbocycles. The molecule has 1 unspecified atom stereocenters. The lowest BCUT2D eigenvalue weighted by Crippen LogP contribution is -2.48. The molecule has 0 saturated carbocycles. The molecule has 5 heteroatoms. The second kappa shape index (κ2) is 5.47. The van der Waals surface area contributed by atoms with Crippen molar-refractivity contribution in [2.45, 2.75) is 58.1 Å². The topological polar surface area (TPSA) is 55.4 Å². The minimum Gasteiger partial charge on any atom is -0.375 e. The van der Waals surface area contributed by atoms with Crippen LogP contribution in [0.15, 0.2) is 0 Å². The van der Waals surface area contributed by atoms with Gasteiger partial charge >= 0.3 is 0 Å². The molecular formula is C11H23NO3S. The largest absolute Gasteiger partial charge is 0.375 e. The number of rotatable bonds is 5. The van der Waals surface area contributed by atoms with Crippen LogP contribution < -0.4 is 4.72 Å². The zero-order chi connectivity index (χ0) is 12.2. The van der Waals surface area contributed by atoms with Crippen molar-refractivity contribution in [2.24, 2.45) is 0 Å². The summed E-state index contributed by atoms with van der Waals surface area (Å²) in [5, 5.41) is 0. The van der Waals surface area contributed by atoms with Crippen molar-refractivity contribution in [1.82, 2.24) is 4.72 Å². The summed E-state index contributed by atoms with van der Waals surface area (Å²) < 4.78 is 31.6. The number of hydrogen-bond acceptors (Lipinski definition) is 3.